The van der Waals surface area contributed by atoms with Crippen LogP contribution in [-0.4, -0.2) is 49.3 Å². The molecular weight excluding hydrogens is 539 g/mol. The number of benzene rings is 3. The summed E-state index contributed by atoms with van der Waals surface area (Å²) in [7, 11) is 1.65. The molecule has 0 radical (unpaired) electrons. The number of hydrogen-bond acceptors (Lipinski definition) is 5. The number of ether oxygens (including phenoxy) is 1. The highest BCUT2D eigenvalue weighted by Crippen LogP contribution is 2.28. The van der Waals surface area contributed by atoms with Crippen LogP contribution in [0.25, 0.3) is 0 Å². The molecule has 0 saturated carbocycles. The van der Waals surface area contributed by atoms with Gasteiger partial charge in [-0.15, -0.1) is 0 Å². The van der Waals surface area contributed by atoms with Gasteiger partial charge in [0, 0.05) is 29.6 Å². The summed E-state index contributed by atoms with van der Waals surface area (Å²) in [6.07, 6.45) is -0.616. The molecular formula is C29H28Cl2N4O4. The molecule has 1 aliphatic heterocycles. The Morgan fingerprint density at radius 3 is 2.51 bits per heavy atom. The van der Waals surface area contributed by atoms with Gasteiger partial charge in [0.2, 0.25) is 18.0 Å². The van der Waals surface area contributed by atoms with Crippen molar-refractivity contribution in [3.05, 3.63) is 94.0 Å². The van der Waals surface area contributed by atoms with Crippen LogP contribution in [0.5, 0.6) is 5.75 Å². The minimum Gasteiger partial charge on any atom is -0.492 e. The lowest BCUT2D eigenvalue weighted by Crippen LogP contribution is -2.52. The third kappa shape index (κ3) is 6.96. The van der Waals surface area contributed by atoms with Gasteiger partial charge in [-0.1, -0.05) is 71.7 Å². The highest BCUT2D eigenvalue weighted by Gasteiger charge is 2.32. The maximum Gasteiger partial charge on any atom is 0.272 e. The van der Waals surface area contributed by atoms with E-state index >= 15 is 0 Å². The van der Waals surface area contributed by atoms with Crippen LogP contribution < -0.4 is 20.3 Å². The Morgan fingerprint density at radius 2 is 1.77 bits per heavy atom. The molecule has 2 N–H and O–H groups in total. The zero-order chi connectivity index (χ0) is 27.9. The number of nitrogens with one attached hydrogen (secondary N) is 2. The Labute approximate surface area is 237 Å². The van der Waals surface area contributed by atoms with Gasteiger partial charge in [0.1, 0.15) is 11.8 Å². The Bertz CT molecular complexity index is 1400. The second-order valence-electron chi connectivity index (χ2n) is 8.99. The van der Waals surface area contributed by atoms with Gasteiger partial charge in [-0.2, -0.15) is 0 Å². The summed E-state index contributed by atoms with van der Waals surface area (Å²) in [4.78, 5) is 44.9. The molecule has 0 unspecified atom stereocenters. The van der Waals surface area contributed by atoms with Gasteiger partial charge in [-0.05, 0) is 37.6 Å². The molecule has 0 aliphatic carbocycles. The summed E-state index contributed by atoms with van der Waals surface area (Å²) in [5.74, 6) is -0.766. The fraction of sp³-hybridized carbons (Fsp3) is 0.241. The molecule has 0 saturated heterocycles. The Balaban J connectivity index is 1.38. The average molecular weight is 567 g/mol. The Kier molecular flexibility index (Phi) is 9.22. The molecule has 4 rings (SSSR count). The zero-order valence-corrected chi connectivity index (χ0v) is 23.0. The third-order valence-corrected chi connectivity index (χ3v) is 6.67. The number of para-hydroxylation sites is 1. The van der Waals surface area contributed by atoms with Crippen molar-refractivity contribution >= 4 is 52.3 Å². The van der Waals surface area contributed by atoms with Crippen molar-refractivity contribution in [2.75, 3.05) is 18.6 Å². The Morgan fingerprint density at radius 1 is 1.05 bits per heavy atom. The first-order chi connectivity index (χ1) is 18.7. The zero-order valence-electron chi connectivity index (χ0n) is 21.5. The molecule has 0 spiro atoms. The highest BCUT2D eigenvalue weighted by atomic mass is 35.5. The van der Waals surface area contributed by atoms with Gasteiger partial charge in [0.15, 0.2) is 0 Å². The van der Waals surface area contributed by atoms with Crippen molar-refractivity contribution < 1.29 is 19.1 Å². The first-order valence-corrected chi connectivity index (χ1v) is 13.2. The molecule has 8 nitrogen and oxygen atoms in total. The fourth-order valence-electron chi connectivity index (χ4n) is 4.09. The van der Waals surface area contributed by atoms with Gasteiger partial charge in [0.25, 0.3) is 5.91 Å². The number of anilines is 1. The quantitative estimate of drug-likeness (QED) is 0.369. The molecule has 1 heterocycles. The average Bonchev–Trinajstić information content (AvgIpc) is 3.03. The summed E-state index contributed by atoms with van der Waals surface area (Å²) in [5, 5.41) is 6.25. The Hall–Kier alpha value is -3.88. The van der Waals surface area contributed by atoms with E-state index in [4.69, 9.17) is 27.9 Å². The second-order valence-corrected chi connectivity index (χ2v) is 9.83. The second kappa shape index (κ2) is 12.8. The standard InChI is InChI=1S/C29H28Cl2N4O4/c1-18(32-25(36)13-8-16-39-24-15-14-20(30)17-22(24)31)28(37)34-27-29(38)35(2)23-12-7-6-11-21(23)26(33-27)19-9-4-3-5-10-19/h3-7,9-12,14-15,17-18,27H,8,13,16H2,1-2H3,(H,32,36)(H,34,37)/t18-,27+/m0/s1. The maximum absolute atomic E-state index is 13.3. The van der Waals surface area contributed by atoms with E-state index in [1.54, 1.807) is 32.2 Å². The van der Waals surface area contributed by atoms with Gasteiger partial charge in [0.05, 0.1) is 23.0 Å². The molecule has 10 heteroatoms. The van der Waals surface area contributed by atoms with E-state index in [-0.39, 0.29) is 18.9 Å². The number of amides is 3. The van der Waals surface area contributed by atoms with Gasteiger partial charge in [-0.25, -0.2) is 4.99 Å². The lowest BCUT2D eigenvalue weighted by molar-refractivity contribution is -0.130. The minimum absolute atomic E-state index is 0.138. The van der Waals surface area contributed by atoms with Crippen LogP contribution in [0.15, 0.2) is 77.8 Å². The minimum atomic E-state index is -1.16. The van der Waals surface area contributed by atoms with E-state index in [0.717, 1.165) is 11.1 Å². The van der Waals surface area contributed by atoms with E-state index in [1.165, 1.54) is 4.90 Å². The molecule has 39 heavy (non-hydrogen) atoms. The fourth-order valence-corrected chi connectivity index (χ4v) is 4.55. The third-order valence-electron chi connectivity index (χ3n) is 6.14. The van der Waals surface area contributed by atoms with Gasteiger partial charge < -0.3 is 20.3 Å². The van der Waals surface area contributed by atoms with E-state index < -0.39 is 24.0 Å². The van der Waals surface area contributed by atoms with Crippen molar-refractivity contribution in [2.45, 2.75) is 32.0 Å². The monoisotopic (exact) mass is 566 g/mol. The lowest BCUT2D eigenvalue weighted by Gasteiger charge is -2.22. The van der Waals surface area contributed by atoms with Crippen LogP contribution in [-0.2, 0) is 14.4 Å². The molecule has 0 aromatic heterocycles. The number of benzodiazepines with no additional fused rings is 1. The summed E-state index contributed by atoms with van der Waals surface area (Å²) in [6.45, 7) is 1.81. The molecule has 202 valence electrons. The van der Waals surface area contributed by atoms with Crippen LogP contribution in [0.4, 0.5) is 5.69 Å². The van der Waals surface area contributed by atoms with Crippen molar-refractivity contribution in [3.8, 4) is 5.75 Å². The van der Waals surface area contributed by atoms with Crippen molar-refractivity contribution in [2.24, 2.45) is 4.99 Å². The topological polar surface area (TPSA) is 100 Å². The number of fused-ring (bicyclic) bond motifs is 1. The summed E-state index contributed by atoms with van der Waals surface area (Å²) < 4.78 is 5.60. The van der Waals surface area contributed by atoms with Crippen LogP contribution in [0.2, 0.25) is 10.0 Å². The first kappa shape index (κ1) is 28.1. The van der Waals surface area contributed by atoms with Gasteiger partial charge >= 0.3 is 0 Å². The van der Waals surface area contributed by atoms with Crippen molar-refractivity contribution in [3.63, 3.8) is 0 Å². The number of nitrogens with zero attached hydrogens (tertiary/aromatic N) is 2. The molecule has 3 aromatic rings. The smallest absolute Gasteiger partial charge is 0.272 e. The maximum atomic E-state index is 13.3. The number of hydrogen-bond donors (Lipinski definition) is 2. The van der Waals surface area contributed by atoms with E-state index in [0.29, 0.717) is 33.6 Å². The normalized spacial score (nSPS) is 15.5. The molecule has 3 aromatic carbocycles. The van der Waals surface area contributed by atoms with Crippen molar-refractivity contribution in [1.29, 1.82) is 0 Å². The number of likely N-dealkylation sites (N-methyl/N-ethyl adjacent to an activating group) is 1. The number of halogens is 2. The van der Waals surface area contributed by atoms with Crippen LogP contribution >= 0.6 is 23.2 Å². The number of aliphatic imine (C=N–C) groups is 1. The predicted molar refractivity (Wildman–Crippen MR) is 153 cm³/mol. The molecule has 0 bridgehead atoms. The molecule has 2 atom stereocenters. The SMILES string of the molecule is C[C@H](NC(=O)CCCOc1ccc(Cl)cc1Cl)C(=O)N[C@H]1N=C(c2ccccc2)c2ccccc2N(C)C1=O. The van der Waals surface area contributed by atoms with E-state index in [1.807, 2.05) is 54.6 Å². The molecule has 0 fully saturated rings. The number of carbonyl (C=O) groups excluding carboxylic acids is 3. The van der Waals surface area contributed by atoms with Gasteiger partial charge in [-0.3, -0.25) is 14.4 Å². The summed E-state index contributed by atoms with van der Waals surface area (Å²) >= 11 is 12.0. The molecule has 1 aliphatic rings. The van der Waals surface area contributed by atoms with Crippen LogP contribution in [0.3, 0.4) is 0 Å². The van der Waals surface area contributed by atoms with Crippen LogP contribution in [0.1, 0.15) is 30.9 Å². The van der Waals surface area contributed by atoms with Crippen molar-refractivity contribution in [1.82, 2.24) is 10.6 Å². The first-order valence-electron chi connectivity index (χ1n) is 12.4. The summed E-state index contributed by atoms with van der Waals surface area (Å²) in [5.41, 5.74) is 2.87. The van der Waals surface area contributed by atoms with Crippen LogP contribution in [0, 0.1) is 0 Å². The van der Waals surface area contributed by atoms with E-state index in [2.05, 4.69) is 15.6 Å². The largest absolute Gasteiger partial charge is 0.492 e. The van der Waals surface area contributed by atoms with E-state index in [9.17, 15) is 14.4 Å². The highest BCUT2D eigenvalue weighted by molar-refractivity contribution is 6.35. The molecule has 3 amide bonds. The predicted octanol–water partition coefficient (Wildman–Crippen LogP) is 4.61. The number of rotatable bonds is 9. The lowest BCUT2D eigenvalue weighted by atomic mass is 10.0. The number of carbonyl (C=O) groups is 3. The summed E-state index contributed by atoms with van der Waals surface area (Å²) in [6, 6.07) is 20.9.